The van der Waals surface area contributed by atoms with E-state index in [4.69, 9.17) is 5.73 Å². The van der Waals surface area contributed by atoms with Gasteiger partial charge in [0.15, 0.2) is 0 Å². The van der Waals surface area contributed by atoms with Crippen LogP contribution in [0.15, 0.2) is 16.7 Å². The molecule has 96 valence electrons. The first kappa shape index (κ1) is 14.3. The summed E-state index contributed by atoms with van der Waals surface area (Å²) in [6.07, 6.45) is 1.85. The Kier molecular flexibility index (Phi) is 4.38. The molecule has 0 radical (unpaired) electrons. The molecule has 1 aromatic heterocycles. The van der Waals surface area contributed by atoms with Gasteiger partial charge in [0, 0.05) is 30.3 Å². The summed E-state index contributed by atoms with van der Waals surface area (Å²) in [4.78, 5) is 12.1. The molecule has 0 bridgehead atoms. The lowest BCUT2D eigenvalue weighted by molar-refractivity contribution is 0.0897. The number of rotatable bonds is 3. The van der Waals surface area contributed by atoms with Crippen molar-refractivity contribution in [1.29, 1.82) is 0 Å². The molecule has 0 spiro atoms. The number of carbonyl (C=O) groups excluding carboxylic acids is 1. The van der Waals surface area contributed by atoms with Gasteiger partial charge >= 0.3 is 0 Å². The van der Waals surface area contributed by atoms with Crippen molar-refractivity contribution >= 4 is 21.8 Å². The van der Waals surface area contributed by atoms with E-state index >= 15 is 0 Å². The average molecular weight is 302 g/mol. The van der Waals surface area contributed by atoms with Crippen molar-refractivity contribution in [2.24, 2.45) is 18.2 Å². The third kappa shape index (κ3) is 3.57. The maximum atomic E-state index is 12.1. The maximum Gasteiger partial charge on any atom is 0.268 e. The van der Waals surface area contributed by atoms with Gasteiger partial charge < -0.3 is 15.6 Å². The predicted octanol–water partition coefficient (Wildman–Crippen LogP) is 1.89. The summed E-state index contributed by atoms with van der Waals surface area (Å²) >= 11 is 3.35. The molecule has 1 aromatic rings. The Morgan fingerprint density at radius 3 is 2.53 bits per heavy atom. The van der Waals surface area contributed by atoms with Crippen LogP contribution in [-0.4, -0.2) is 23.1 Å². The number of aromatic nitrogens is 1. The van der Waals surface area contributed by atoms with Gasteiger partial charge in [0.05, 0.1) is 0 Å². The van der Waals surface area contributed by atoms with Crippen LogP contribution in [0.1, 0.15) is 31.3 Å². The van der Waals surface area contributed by atoms with Crippen LogP contribution >= 0.6 is 15.9 Å². The van der Waals surface area contributed by atoms with Gasteiger partial charge in [0.2, 0.25) is 0 Å². The smallest absolute Gasteiger partial charge is 0.268 e. The molecule has 1 heterocycles. The Morgan fingerprint density at radius 2 is 2.18 bits per heavy atom. The number of nitrogens with two attached hydrogens (primary N) is 1. The number of hydrogen-bond donors (Lipinski definition) is 2. The first-order valence-corrected chi connectivity index (χ1v) is 6.37. The highest BCUT2D eigenvalue weighted by atomic mass is 79.9. The van der Waals surface area contributed by atoms with Crippen molar-refractivity contribution in [3.05, 3.63) is 22.4 Å². The number of hydrogen-bond acceptors (Lipinski definition) is 2. The molecular weight excluding hydrogens is 282 g/mol. The normalized spacial score (nSPS) is 13.5. The molecule has 0 aliphatic carbocycles. The minimum atomic E-state index is -0.0939. The Hall–Kier alpha value is -0.810. The number of amides is 1. The minimum absolute atomic E-state index is 0.0383. The van der Waals surface area contributed by atoms with Gasteiger partial charge in [-0.25, -0.2) is 0 Å². The van der Waals surface area contributed by atoms with E-state index in [2.05, 4.69) is 42.0 Å². The number of nitrogens with zero attached hydrogens (tertiary/aromatic N) is 1. The zero-order valence-electron chi connectivity index (χ0n) is 10.7. The van der Waals surface area contributed by atoms with E-state index in [0.29, 0.717) is 12.2 Å². The van der Waals surface area contributed by atoms with Gasteiger partial charge in [0.25, 0.3) is 5.91 Å². The molecule has 3 N–H and O–H groups in total. The Balaban J connectivity index is 2.82. The molecule has 1 atom stereocenters. The fourth-order valence-electron chi connectivity index (χ4n) is 1.61. The largest absolute Gasteiger partial charge is 0.346 e. The van der Waals surface area contributed by atoms with Crippen molar-refractivity contribution in [1.82, 2.24) is 9.88 Å². The van der Waals surface area contributed by atoms with E-state index in [0.717, 1.165) is 4.47 Å². The third-order valence-corrected chi connectivity index (χ3v) is 3.22. The van der Waals surface area contributed by atoms with E-state index in [-0.39, 0.29) is 17.4 Å². The first-order chi connectivity index (χ1) is 7.75. The van der Waals surface area contributed by atoms with Crippen LogP contribution in [0.3, 0.4) is 0 Å². The molecule has 17 heavy (non-hydrogen) atoms. The second-order valence-electron chi connectivity index (χ2n) is 5.28. The summed E-state index contributed by atoms with van der Waals surface area (Å²) in [5, 5.41) is 2.97. The number of carbonyl (C=O) groups is 1. The zero-order chi connectivity index (χ0) is 13.2. The molecule has 0 saturated heterocycles. The summed E-state index contributed by atoms with van der Waals surface area (Å²) in [5.74, 6) is -0.0939. The van der Waals surface area contributed by atoms with Crippen molar-refractivity contribution in [3.8, 4) is 0 Å². The lowest BCUT2D eigenvalue weighted by atomic mass is 9.87. The molecule has 1 rings (SSSR count). The van der Waals surface area contributed by atoms with E-state index < -0.39 is 0 Å². The summed E-state index contributed by atoms with van der Waals surface area (Å²) in [6.45, 7) is 6.62. The van der Waals surface area contributed by atoms with Gasteiger partial charge in [-0.2, -0.15) is 0 Å². The lowest BCUT2D eigenvalue weighted by Crippen LogP contribution is -2.48. The monoisotopic (exact) mass is 301 g/mol. The molecule has 5 heteroatoms. The summed E-state index contributed by atoms with van der Waals surface area (Å²) < 4.78 is 2.68. The van der Waals surface area contributed by atoms with Crippen molar-refractivity contribution in [3.63, 3.8) is 0 Å². The minimum Gasteiger partial charge on any atom is -0.346 e. The number of aryl methyl sites for hydroxylation is 1. The van der Waals surface area contributed by atoms with Gasteiger partial charge in [0.1, 0.15) is 5.69 Å². The fourth-order valence-corrected chi connectivity index (χ4v) is 2.14. The molecule has 4 nitrogen and oxygen atoms in total. The second-order valence-corrected chi connectivity index (χ2v) is 6.20. The summed E-state index contributed by atoms with van der Waals surface area (Å²) in [5.41, 5.74) is 6.27. The zero-order valence-corrected chi connectivity index (χ0v) is 12.3. The van der Waals surface area contributed by atoms with Crippen LogP contribution in [-0.2, 0) is 7.05 Å². The van der Waals surface area contributed by atoms with Crippen molar-refractivity contribution < 1.29 is 4.79 Å². The lowest BCUT2D eigenvalue weighted by Gasteiger charge is -2.30. The summed E-state index contributed by atoms with van der Waals surface area (Å²) in [6, 6.07) is 1.76. The van der Waals surface area contributed by atoms with Crippen LogP contribution in [0.2, 0.25) is 0 Å². The second kappa shape index (κ2) is 5.23. The van der Waals surface area contributed by atoms with Crippen molar-refractivity contribution in [2.75, 3.05) is 6.54 Å². The highest BCUT2D eigenvalue weighted by molar-refractivity contribution is 9.10. The van der Waals surface area contributed by atoms with Crippen molar-refractivity contribution in [2.45, 2.75) is 26.8 Å². The molecule has 1 unspecified atom stereocenters. The van der Waals surface area contributed by atoms with E-state index in [1.807, 2.05) is 13.2 Å². The SMILES string of the molecule is Cn1cc(Br)cc1C(=O)NC(CN)C(C)(C)C. The standard InChI is InChI=1S/C12H20BrN3O/c1-12(2,3)10(6-14)15-11(17)9-5-8(13)7-16(9)4/h5,7,10H,6,14H2,1-4H3,(H,15,17). The Labute approximate surface area is 111 Å². The molecule has 0 aliphatic rings. The average Bonchev–Trinajstić information content (AvgIpc) is 2.52. The molecular formula is C12H20BrN3O. The van der Waals surface area contributed by atoms with E-state index in [1.54, 1.807) is 10.6 Å². The first-order valence-electron chi connectivity index (χ1n) is 5.58. The van der Waals surface area contributed by atoms with Gasteiger partial charge in [-0.15, -0.1) is 0 Å². The van der Waals surface area contributed by atoms with E-state index in [9.17, 15) is 4.79 Å². The highest BCUT2D eigenvalue weighted by Gasteiger charge is 2.26. The van der Waals surface area contributed by atoms with Crippen LogP contribution in [0.4, 0.5) is 0 Å². The van der Waals surface area contributed by atoms with Gasteiger partial charge in [-0.05, 0) is 27.4 Å². The van der Waals surface area contributed by atoms with Crippen LogP contribution < -0.4 is 11.1 Å². The Morgan fingerprint density at radius 1 is 1.59 bits per heavy atom. The van der Waals surface area contributed by atoms with Crippen LogP contribution in [0.25, 0.3) is 0 Å². The quantitative estimate of drug-likeness (QED) is 0.896. The van der Waals surface area contributed by atoms with Gasteiger partial charge in [-0.3, -0.25) is 4.79 Å². The molecule has 0 saturated carbocycles. The van der Waals surface area contributed by atoms with Crippen LogP contribution in [0.5, 0.6) is 0 Å². The fraction of sp³-hybridized carbons (Fsp3) is 0.583. The third-order valence-electron chi connectivity index (χ3n) is 2.79. The number of halogens is 1. The topological polar surface area (TPSA) is 60.0 Å². The molecule has 1 amide bonds. The summed E-state index contributed by atoms with van der Waals surface area (Å²) in [7, 11) is 1.84. The predicted molar refractivity (Wildman–Crippen MR) is 72.9 cm³/mol. The highest BCUT2D eigenvalue weighted by Crippen LogP contribution is 2.19. The molecule has 0 aromatic carbocycles. The molecule has 0 fully saturated rings. The van der Waals surface area contributed by atoms with E-state index in [1.165, 1.54) is 0 Å². The van der Waals surface area contributed by atoms with Crippen LogP contribution in [0, 0.1) is 5.41 Å². The van der Waals surface area contributed by atoms with Gasteiger partial charge in [-0.1, -0.05) is 20.8 Å². The number of nitrogens with one attached hydrogen (secondary N) is 1. The Bertz CT molecular complexity index is 406. The molecule has 0 aliphatic heterocycles. The maximum absolute atomic E-state index is 12.1.